The molecule has 0 radical (unpaired) electrons. The van der Waals surface area contributed by atoms with Crippen LogP contribution in [0.5, 0.6) is 0 Å². The monoisotopic (exact) mass is 232 g/mol. The van der Waals surface area contributed by atoms with E-state index in [1.807, 2.05) is 6.07 Å². The van der Waals surface area contributed by atoms with Gasteiger partial charge in [-0.05, 0) is 11.6 Å². The number of pyridine rings is 1. The lowest BCUT2D eigenvalue weighted by atomic mass is 10.2. The van der Waals surface area contributed by atoms with Crippen LogP contribution < -0.4 is 5.11 Å². The van der Waals surface area contributed by atoms with Gasteiger partial charge in [0.25, 0.3) is 0 Å². The summed E-state index contributed by atoms with van der Waals surface area (Å²) in [4.78, 5) is 7.63. The maximum Gasteiger partial charge on any atom is 0.146 e. The number of hydrogen-bond donors (Lipinski definition) is 0. The third-order valence-corrected chi connectivity index (χ3v) is 1.72. The van der Waals surface area contributed by atoms with E-state index < -0.39 is 11.7 Å². The average molecular weight is 232 g/mol. The van der Waals surface area contributed by atoms with Gasteiger partial charge in [-0.1, -0.05) is 26.8 Å². The molecular weight excluding hydrogens is 218 g/mol. The van der Waals surface area contributed by atoms with Gasteiger partial charge >= 0.3 is 0 Å². The standard InChI is InChI=1S/C12H15N3O2/c1-12(2,3)17-11(16)15-8-9-4-5-10(6-13)14-7-9/h4-5,7H,8H2,1-3H3,(H,15,16)/p-1. The molecule has 0 aliphatic rings. The van der Waals surface area contributed by atoms with Crippen molar-refractivity contribution >= 4 is 6.08 Å². The number of rotatable bonds is 2. The van der Waals surface area contributed by atoms with Gasteiger partial charge in [-0.15, -0.1) is 0 Å². The van der Waals surface area contributed by atoms with Gasteiger partial charge in [-0.2, -0.15) is 5.26 Å². The summed E-state index contributed by atoms with van der Waals surface area (Å²) in [6.07, 6.45) is 0.925. The van der Waals surface area contributed by atoms with E-state index in [4.69, 9.17) is 10.00 Å². The third kappa shape index (κ3) is 4.98. The number of ether oxygens (including phenoxy) is 1. The fourth-order valence-electron chi connectivity index (χ4n) is 1.03. The zero-order chi connectivity index (χ0) is 12.9. The molecule has 1 aromatic rings. The van der Waals surface area contributed by atoms with E-state index in [2.05, 4.69) is 9.98 Å². The minimum absolute atomic E-state index is 0.202. The number of nitrogens with zero attached hydrogens (tertiary/aromatic N) is 3. The lowest BCUT2D eigenvalue weighted by Gasteiger charge is -2.29. The molecule has 0 N–H and O–H groups in total. The van der Waals surface area contributed by atoms with Crippen LogP contribution in [0.15, 0.2) is 23.3 Å². The summed E-state index contributed by atoms with van der Waals surface area (Å²) in [5, 5.41) is 19.9. The minimum Gasteiger partial charge on any atom is -0.595 e. The van der Waals surface area contributed by atoms with Crippen molar-refractivity contribution in [2.24, 2.45) is 4.99 Å². The first kappa shape index (κ1) is 13.0. The van der Waals surface area contributed by atoms with Gasteiger partial charge in [0.05, 0.1) is 6.54 Å². The zero-order valence-corrected chi connectivity index (χ0v) is 10.1. The number of hydrogen-bond acceptors (Lipinski definition) is 5. The van der Waals surface area contributed by atoms with Crippen molar-refractivity contribution in [1.82, 2.24) is 4.98 Å². The molecule has 0 aliphatic carbocycles. The summed E-state index contributed by atoms with van der Waals surface area (Å²) in [5.74, 6) is 0. The normalized spacial score (nSPS) is 12.0. The Morgan fingerprint density at radius 2 is 2.24 bits per heavy atom. The van der Waals surface area contributed by atoms with Gasteiger partial charge in [0.15, 0.2) is 0 Å². The summed E-state index contributed by atoms with van der Waals surface area (Å²) in [6, 6.07) is 5.21. The van der Waals surface area contributed by atoms with Crippen LogP contribution in [0.2, 0.25) is 0 Å². The van der Waals surface area contributed by atoms with E-state index in [-0.39, 0.29) is 6.54 Å². The van der Waals surface area contributed by atoms with E-state index >= 15 is 0 Å². The topological polar surface area (TPSA) is 81.3 Å². The van der Waals surface area contributed by atoms with Crippen LogP contribution in [0.4, 0.5) is 0 Å². The first-order valence-corrected chi connectivity index (χ1v) is 5.16. The number of aromatic nitrogens is 1. The van der Waals surface area contributed by atoms with Gasteiger partial charge < -0.3 is 9.84 Å². The Kier molecular flexibility index (Phi) is 4.05. The van der Waals surface area contributed by atoms with Crippen molar-refractivity contribution < 1.29 is 9.84 Å². The van der Waals surface area contributed by atoms with Crippen molar-refractivity contribution in [1.29, 1.82) is 5.26 Å². The van der Waals surface area contributed by atoms with Crippen LogP contribution in [-0.2, 0) is 11.3 Å². The molecule has 0 bridgehead atoms. The molecule has 0 spiro atoms. The Hall–Kier alpha value is -2.09. The zero-order valence-electron chi connectivity index (χ0n) is 10.1. The average Bonchev–Trinajstić information content (AvgIpc) is 2.25. The molecule has 0 saturated carbocycles. The molecule has 90 valence electrons. The van der Waals surface area contributed by atoms with Gasteiger partial charge in [0, 0.05) is 11.8 Å². The lowest BCUT2D eigenvalue weighted by molar-refractivity contribution is -0.260. The fourth-order valence-corrected chi connectivity index (χ4v) is 1.03. The molecule has 1 aromatic heterocycles. The van der Waals surface area contributed by atoms with Gasteiger partial charge in [0.2, 0.25) is 0 Å². The molecule has 0 unspecified atom stereocenters. The molecule has 1 rings (SSSR count). The maximum atomic E-state index is 11.3. The van der Waals surface area contributed by atoms with Crippen LogP contribution in [-0.4, -0.2) is 16.7 Å². The van der Waals surface area contributed by atoms with Crippen LogP contribution in [0, 0.1) is 11.3 Å². The Morgan fingerprint density at radius 3 is 2.71 bits per heavy atom. The number of aliphatic imine (C=N–C) groups is 1. The van der Waals surface area contributed by atoms with Gasteiger partial charge in [0.1, 0.15) is 17.8 Å². The predicted octanol–water partition coefficient (Wildman–Crippen LogP) is 0.985. The molecular formula is C12H14N3O2-. The van der Waals surface area contributed by atoms with E-state index in [1.165, 1.54) is 6.20 Å². The van der Waals surface area contributed by atoms with E-state index in [0.29, 0.717) is 5.69 Å². The van der Waals surface area contributed by atoms with Crippen molar-refractivity contribution in [2.45, 2.75) is 32.9 Å². The molecule has 5 nitrogen and oxygen atoms in total. The molecule has 0 aliphatic heterocycles. The molecule has 0 atom stereocenters. The molecule has 0 saturated heterocycles. The molecule has 17 heavy (non-hydrogen) atoms. The highest BCUT2D eigenvalue weighted by Crippen LogP contribution is 2.07. The first-order valence-electron chi connectivity index (χ1n) is 5.16. The lowest BCUT2D eigenvalue weighted by Crippen LogP contribution is -2.31. The summed E-state index contributed by atoms with van der Waals surface area (Å²) in [5.41, 5.74) is 0.560. The minimum atomic E-state index is -0.596. The van der Waals surface area contributed by atoms with Crippen LogP contribution in [0.25, 0.3) is 0 Å². The Balaban J connectivity index is 2.60. The Morgan fingerprint density at radius 1 is 1.53 bits per heavy atom. The smallest absolute Gasteiger partial charge is 0.146 e. The maximum absolute atomic E-state index is 11.3. The summed E-state index contributed by atoms with van der Waals surface area (Å²) < 4.78 is 5.03. The molecule has 0 aromatic carbocycles. The molecule has 5 heteroatoms. The van der Waals surface area contributed by atoms with Gasteiger partial charge in [-0.3, -0.25) is 4.99 Å². The first-order chi connectivity index (χ1) is 7.90. The SMILES string of the molecule is CC(C)(C)OC([O-])=NCc1ccc(C#N)nc1. The van der Waals surface area contributed by atoms with Crippen molar-refractivity contribution in [2.75, 3.05) is 0 Å². The Bertz CT molecular complexity index is 438. The van der Waals surface area contributed by atoms with Crippen molar-refractivity contribution in [3.05, 3.63) is 29.6 Å². The van der Waals surface area contributed by atoms with Crippen molar-refractivity contribution in [3.8, 4) is 6.07 Å². The quantitative estimate of drug-likeness (QED) is 0.562. The highest BCUT2D eigenvalue weighted by molar-refractivity contribution is 5.62. The summed E-state index contributed by atoms with van der Waals surface area (Å²) in [6.45, 7) is 5.55. The van der Waals surface area contributed by atoms with Gasteiger partial charge in [-0.25, -0.2) is 4.98 Å². The second-order valence-electron chi connectivity index (χ2n) is 4.46. The fraction of sp³-hybridized carbons (Fsp3) is 0.417. The predicted molar refractivity (Wildman–Crippen MR) is 60.9 cm³/mol. The molecule has 0 amide bonds. The largest absolute Gasteiger partial charge is 0.595 e. The van der Waals surface area contributed by atoms with Crippen molar-refractivity contribution in [3.63, 3.8) is 0 Å². The Labute approximate surface area is 100 Å². The van der Waals surface area contributed by atoms with E-state index in [0.717, 1.165) is 5.56 Å². The highest BCUT2D eigenvalue weighted by atomic mass is 16.6. The summed E-state index contributed by atoms with van der Waals surface area (Å²) in [7, 11) is 0. The second-order valence-corrected chi connectivity index (χ2v) is 4.46. The molecule has 0 fully saturated rings. The van der Waals surface area contributed by atoms with E-state index in [9.17, 15) is 5.11 Å². The van der Waals surface area contributed by atoms with Crippen LogP contribution in [0.3, 0.4) is 0 Å². The third-order valence-electron chi connectivity index (χ3n) is 1.72. The second kappa shape index (κ2) is 5.30. The number of nitriles is 1. The highest BCUT2D eigenvalue weighted by Gasteiger charge is 2.04. The molecule has 1 heterocycles. The van der Waals surface area contributed by atoms with Crippen LogP contribution >= 0.6 is 0 Å². The summed E-state index contributed by atoms with van der Waals surface area (Å²) >= 11 is 0. The van der Waals surface area contributed by atoms with Crippen LogP contribution in [0.1, 0.15) is 32.0 Å². The van der Waals surface area contributed by atoms with E-state index in [1.54, 1.807) is 32.9 Å².